The maximum absolute atomic E-state index is 12.1. The van der Waals surface area contributed by atoms with Crippen LogP contribution in [0.2, 0.25) is 0 Å². The smallest absolute Gasteiger partial charge is 0.319 e. The molecule has 0 aliphatic rings. The molecular weight excluding hydrogens is 304 g/mol. The Hall–Kier alpha value is -1.67. The summed E-state index contributed by atoms with van der Waals surface area (Å²) in [5.74, 6) is -0.249. The topological polar surface area (TPSA) is 74.8 Å². The van der Waals surface area contributed by atoms with E-state index in [1.54, 1.807) is 21.2 Å². The summed E-state index contributed by atoms with van der Waals surface area (Å²) in [7, 11) is 4.94. The minimum atomic E-state index is -0.249. The Morgan fingerprint density at radius 2 is 2.00 bits per heavy atom. The number of hydrogen-bond donors (Lipinski definition) is 1. The lowest BCUT2D eigenvalue weighted by atomic mass is 10.4. The van der Waals surface area contributed by atoms with Gasteiger partial charge in [-0.15, -0.1) is 11.3 Å². The van der Waals surface area contributed by atoms with Crippen LogP contribution in [0.5, 0.6) is 0 Å². The maximum Gasteiger partial charge on any atom is 0.319 e. The van der Waals surface area contributed by atoms with Gasteiger partial charge in [0.2, 0.25) is 5.91 Å². The number of carbonyl (C=O) groups excluding carboxylic acids is 2. The molecule has 0 spiro atoms. The lowest BCUT2D eigenvalue weighted by Crippen LogP contribution is -2.44. The van der Waals surface area contributed by atoms with Crippen LogP contribution in [-0.2, 0) is 9.53 Å². The highest BCUT2D eigenvalue weighted by molar-refractivity contribution is 7.15. The van der Waals surface area contributed by atoms with E-state index in [1.165, 1.54) is 21.1 Å². The number of ether oxygens (including phenoxy) is 1. The summed E-state index contributed by atoms with van der Waals surface area (Å²) in [4.78, 5) is 32.5. The molecule has 3 amide bonds. The molecule has 1 aromatic rings. The van der Waals surface area contributed by atoms with Crippen molar-refractivity contribution in [3.8, 4) is 0 Å². The van der Waals surface area contributed by atoms with Gasteiger partial charge in [-0.1, -0.05) is 0 Å². The highest BCUT2D eigenvalue weighted by Crippen LogP contribution is 2.20. The summed E-state index contributed by atoms with van der Waals surface area (Å²) in [5, 5.41) is 3.31. The van der Waals surface area contributed by atoms with E-state index >= 15 is 0 Å². The van der Waals surface area contributed by atoms with Crippen LogP contribution in [0, 0.1) is 13.8 Å². The number of nitrogens with one attached hydrogen (secondary N) is 1. The first-order chi connectivity index (χ1) is 10.3. The van der Waals surface area contributed by atoms with Gasteiger partial charge in [0.15, 0.2) is 5.13 Å². The van der Waals surface area contributed by atoms with Crippen LogP contribution >= 0.6 is 11.3 Å². The van der Waals surface area contributed by atoms with Gasteiger partial charge in [-0.3, -0.25) is 4.79 Å². The standard InChI is InChI=1S/C14H24N4O3S/c1-10-11(2)22-13(15-10)16-12(19)9-18(7-6-8-21-5)14(20)17(3)4/h6-9H2,1-5H3,(H,15,16,19). The van der Waals surface area contributed by atoms with E-state index in [9.17, 15) is 9.59 Å². The molecule has 0 radical (unpaired) electrons. The molecule has 1 rings (SSSR count). The number of carbonyl (C=O) groups is 2. The van der Waals surface area contributed by atoms with Crippen molar-refractivity contribution in [1.29, 1.82) is 0 Å². The molecule has 8 heteroatoms. The van der Waals surface area contributed by atoms with Gasteiger partial charge in [0.05, 0.1) is 5.69 Å². The number of aryl methyl sites for hydroxylation is 2. The zero-order chi connectivity index (χ0) is 16.7. The molecule has 1 N–H and O–H groups in total. The Labute approximate surface area is 135 Å². The molecule has 0 atom stereocenters. The van der Waals surface area contributed by atoms with Crippen LogP contribution in [-0.4, -0.2) is 67.6 Å². The monoisotopic (exact) mass is 328 g/mol. The molecule has 0 saturated heterocycles. The number of methoxy groups -OCH3 is 1. The maximum atomic E-state index is 12.1. The molecule has 1 heterocycles. The fourth-order valence-electron chi connectivity index (χ4n) is 1.78. The summed E-state index contributed by atoms with van der Waals surface area (Å²) < 4.78 is 4.99. The normalized spacial score (nSPS) is 10.4. The second-order valence-electron chi connectivity index (χ2n) is 5.15. The molecule has 1 aromatic heterocycles. The van der Waals surface area contributed by atoms with E-state index in [2.05, 4.69) is 10.3 Å². The van der Waals surface area contributed by atoms with E-state index < -0.39 is 0 Å². The number of urea groups is 1. The summed E-state index contributed by atoms with van der Waals surface area (Å²) in [5.41, 5.74) is 0.904. The van der Waals surface area contributed by atoms with Gasteiger partial charge in [-0.25, -0.2) is 9.78 Å². The Bertz CT molecular complexity index is 497. The van der Waals surface area contributed by atoms with Gasteiger partial charge >= 0.3 is 6.03 Å². The van der Waals surface area contributed by atoms with Crippen molar-refractivity contribution in [1.82, 2.24) is 14.8 Å². The van der Waals surface area contributed by atoms with Crippen molar-refractivity contribution in [2.24, 2.45) is 0 Å². The molecule has 0 bridgehead atoms. The van der Waals surface area contributed by atoms with Crippen molar-refractivity contribution in [3.05, 3.63) is 10.6 Å². The largest absolute Gasteiger partial charge is 0.385 e. The quantitative estimate of drug-likeness (QED) is 0.773. The average Bonchev–Trinajstić information content (AvgIpc) is 2.75. The zero-order valence-corrected chi connectivity index (χ0v) is 14.6. The summed E-state index contributed by atoms with van der Waals surface area (Å²) in [6.45, 7) is 4.86. The highest BCUT2D eigenvalue weighted by atomic mass is 32.1. The number of nitrogens with zero attached hydrogens (tertiary/aromatic N) is 3. The van der Waals surface area contributed by atoms with Crippen LogP contribution in [0.15, 0.2) is 0 Å². The average molecular weight is 328 g/mol. The van der Waals surface area contributed by atoms with Gasteiger partial charge in [0.25, 0.3) is 0 Å². The van der Waals surface area contributed by atoms with Crippen LogP contribution in [0.4, 0.5) is 9.93 Å². The van der Waals surface area contributed by atoms with E-state index in [4.69, 9.17) is 4.74 Å². The number of aromatic nitrogens is 1. The Balaban J connectivity index is 2.62. The summed E-state index contributed by atoms with van der Waals surface area (Å²) in [6.07, 6.45) is 0.679. The van der Waals surface area contributed by atoms with Crippen LogP contribution in [0.25, 0.3) is 0 Å². The first-order valence-corrected chi connectivity index (χ1v) is 7.85. The van der Waals surface area contributed by atoms with Gasteiger partial charge < -0.3 is 19.9 Å². The second kappa shape index (κ2) is 8.70. The zero-order valence-electron chi connectivity index (χ0n) is 13.8. The minimum Gasteiger partial charge on any atom is -0.385 e. The fraction of sp³-hybridized carbons (Fsp3) is 0.643. The van der Waals surface area contributed by atoms with E-state index in [1.807, 2.05) is 13.8 Å². The lowest BCUT2D eigenvalue weighted by molar-refractivity contribution is -0.116. The van der Waals surface area contributed by atoms with Gasteiger partial charge in [-0.2, -0.15) is 0 Å². The molecule has 0 saturated carbocycles. The minimum absolute atomic E-state index is 0.00158. The summed E-state index contributed by atoms with van der Waals surface area (Å²) in [6, 6.07) is -0.197. The predicted octanol–water partition coefficient (Wildman–Crippen LogP) is 1.72. The van der Waals surface area contributed by atoms with Gasteiger partial charge in [-0.05, 0) is 20.3 Å². The molecule has 0 aliphatic heterocycles. The van der Waals surface area contributed by atoms with Crippen molar-refractivity contribution in [2.45, 2.75) is 20.3 Å². The highest BCUT2D eigenvalue weighted by Gasteiger charge is 2.19. The van der Waals surface area contributed by atoms with Crippen molar-refractivity contribution in [2.75, 3.05) is 46.2 Å². The molecule has 22 heavy (non-hydrogen) atoms. The van der Waals surface area contributed by atoms with Crippen LogP contribution in [0.1, 0.15) is 17.0 Å². The van der Waals surface area contributed by atoms with Crippen LogP contribution < -0.4 is 5.32 Å². The third-order valence-corrected chi connectivity index (χ3v) is 4.03. The Morgan fingerprint density at radius 3 is 2.50 bits per heavy atom. The number of anilines is 1. The Kier molecular flexibility index (Phi) is 7.26. The predicted molar refractivity (Wildman–Crippen MR) is 87.4 cm³/mol. The van der Waals surface area contributed by atoms with Crippen molar-refractivity contribution < 1.29 is 14.3 Å². The molecular formula is C14H24N4O3S. The third kappa shape index (κ3) is 5.61. The summed E-state index contributed by atoms with van der Waals surface area (Å²) >= 11 is 1.43. The Morgan fingerprint density at radius 1 is 1.32 bits per heavy atom. The van der Waals surface area contributed by atoms with E-state index in [-0.39, 0.29) is 18.5 Å². The third-order valence-electron chi connectivity index (χ3n) is 3.04. The molecule has 0 aromatic carbocycles. The van der Waals surface area contributed by atoms with Gasteiger partial charge in [0, 0.05) is 39.2 Å². The number of rotatable bonds is 7. The van der Waals surface area contributed by atoms with Gasteiger partial charge in [0.1, 0.15) is 6.54 Å². The molecule has 124 valence electrons. The SMILES string of the molecule is COCCCN(CC(=O)Nc1nc(C)c(C)s1)C(=O)N(C)C. The number of thiazole rings is 1. The van der Waals surface area contributed by atoms with E-state index in [0.717, 1.165) is 10.6 Å². The van der Waals surface area contributed by atoms with E-state index in [0.29, 0.717) is 24.7 Å². The molecule has 7 nitrogen and oxygen atoms in total. The molecule has 0 aliphatic carbocycles. The lowest BCUT2D eigenvalue weighted by Gasteiger charge is -2.25. The number of hydrogen-bond acceptors (Lipinski definition) is 5. The molecule has 0 unspecified atom stereocenters. The molecule has 0 fully saturated rings. The number of amides is 3. The van der Waals surface area contributed by atoms with Crippen molar-refractivity contribution >= 4 is 28.4 Å². The second-order valence-corrected chi connectivity index (χ2v) is 6.36. The first-order valence-electron chi connectivity index (χ1n) is 7.04. The van der Waals surface area contributed by atoms with Crippen LogP contribution in [0.3, 0.4) is 0 Å². The fourth-order valence-corrected chi connectivity index (χ4v) is 2.61. The van der Waals surface area contributed by atoms with Crippen molar-refractivity contribution in [3.63, 3.8) is 0 Å². The first kappa shape index (κ1) is 18.4.